The van der Waals surface area contributed by atoms with Crippen molar-refractivity contribution >= 4 is 11.9 Å². The minimum absolute atomic E-state index is 0.0701. The van der Waals surface area contributed by atoms with E-state index in [1.165, 1.54) is 5.57 Å². The number of ketones is 1. The molecular weight excluding hydrogens is 614 g/mol. The fraction of sp³-hybridized carbons (Fsp3) is 0.476. The molecule has 3 aliphatic carbocycles. The smallest absolute Gasteiger partial charge is 0.409 e. The van der Waals surface area contributed by atoms with Crippen molar-refractivity contribution in [2.45, 2.75) is 89.8 Å². The zero-order valence-electron chi connectivity index (χ0n) is 29.6. The van der Waals surface area contributed by atoms with E-state index in [9.17, 15) is 19.8 Å². The van der Waals surface area contributed by atoms with Gasteiger partial charge in [-0.1, -0.05) is 85.3 Å². The molecule has 0 saturated heterocycles. The Morgan fingerprint density at radius 3 is 2.43 bits per heavy atom. The summed E-state index contributed by atoms with van der Waals surface area (Å²) < 4.78 is 10.7. The first-order chi connectivity index (χ1) is 23.6. The molecule has 2 N–H and O–H groups in total. The second-order valence-corrected chi connectivity index (χ2v) is 14.2. The van der Waals surface area contributed by atoms with Crippen LogP contribution >= 0.6 is 0 Å². The van der Waals surface area contributed by atoms with Gasteiger partial charge in [0.15, 0.2) is 5.78 Å². The zero-order chi connectivity index (χ0) is 35.0. The predicted octanol–water partition coefficient (Wildman–Crippen LogP) is 8.12. The van der Waals surface area contributed by atoms with Gasteiger partial charge in [-0.05, 0) is 99.5 Å². The molecule has 3 aromatic carbocycles. The normalized spacial score (nSPS) is 24.1. The lowest BCUT2D eigenvalue weighted by molar-refractivity contribution is -0.0814. The minimum atomic E-state index is -1.22. The van der Waals surface area contributed by atoms with E-state index in [0.717, 1.165) is 35.1 Å². The SMILES string of the molecule is CCOC(=O)N(CCCOC)C[C@]1(O)CC[C@H]2c3ccc(cc3C(=O)c3ccc(-c4ccccc4)cc3)C[C@@H](O)CCC(C)=CCC[C@@]21C. The lowest BCUT2D eigenvalue weighted by Crippen LogP contribution is -2.54. The molecule has 7 nitrogen and oxygen atoms in total. The first-order valence-corrected chi connectivity index (χ1v) is 17.9. The number of aliphatic hydroxyl groups excluding tert-OH is 1. The molecule has 0 aliphatic heterocycles. The van der Waals surface area contributed by atoms with Crippen molar-refractivity contribution in [1.29, 1.82) is 0 Å². The van der Waals surface area contributed by atoms with Crippen LogP contribution < -0.4 is 0 Å². The van der Waals surface area contributed by atoms with Crippen molar-refractivity contribution in [2.75, 3.05) is 33.4 Å². The fourth-order valence-corrected chi connectivity index (χ4v) is 7.96. The molecule has 0 unspecified atom stereocenters. The van der Waals surface area contributed by atoms with E-state index in [-0.39, 0.29) is 24.9 Å². The summed E-state index contributed by atoms with van der Waals surface area (Å²) in [7, 11) is 1.64. The average Bonchev–Trinajstić information content (AvgIpc) is 3.36. The number of ether oxygens (including phenoxy) is 2. The molecular formula is C42H53NO6. The van der Waals surface area contributed by atoms with Crippen LogP contribution in [0, 0.1) is 5.41 Å². The second-order valence-electron chi connectivity index (χ2n) is 14.2. The van der Waals surface area contributed by atoms with Gasteiger partial charge in [-0.15, -0.1) is 0 Å². The zero-order valence-corrected chi connectivity index (χ0v) is 29.6. The quantitative estimate of drug-likeness (QED) is 0.129. The summed E-state index contributed by atoms with van der Waals surface area (Å²) in [5, 5.41) is 23.7. The molecule has 49 heavy (non-hydrogen) atoms. The van der Waals surface area contributed by atoms with Gasteiger partial charge >= 0.3 is 6.09 Å². The van der Waals surface area contributed by atoms with Crippen molar-refractivity contribution in [2.24, 2.45) is 5.41 Å². The number of aliphatic hydroxyl groups is 2. The van der Waals surface area contributed by atoms with Gasteiger partial charge in [-0.2, -0.15) is 0 Å². The number of amides is 1. The monoisotopic (exact) mass is 667 g/mol. The summed E-state index contributed by atoms with van der Waals surface area (Å²) in [6.07, 6.45) is 6.33. The van der Waals surface area contributed by atoms with Crippen molar-refractivity contribution in [1.82, 2.24) is 4.90 Å². The standard InChI is InChI=1S/C42H53NO6/c1-5-49-40(46)43(25-10-26-48-4)29-42(47)24-22-38-36-21-15-31(27-35(44)20-14-30(2)11-9-23-41(38,42)3)28-37(36)39(45)34-18-16-33(17-19-34)32-12-7-6-8-13-32/h6-8,11-13,15-19,21,28,35,38,44,47H,5,9-10,14,20,22-27,29H2,1-4H3/t35-,38-,41-,42+/m0/s1. The highest BCUT2D eigenvalue weighted by Crippen LogP contribution is 2.59. The van der Waals surface area contributed by atoms with E-state index in [1.54, 1.807) is 18.9 Å². The Balaban J connectivity index is 1.56. The molecule has 4 atom stereocenters. The van der Waals surface area contributed by atoms with Crippen LogP contribution in [-0.2, 0) is 15.9 Å². The van der Waals surface area contributed by atoms with Gasteiger partial charge in [-0.3, -0.25) is 4.79 Å². The molecule has 3 aliphatic rings. The number of hydrogen-bond acceptors (Lipinski definition) is 6. The van der Waals surface area contributed by atoms with Crippen molar-refractivity contribution in [3.8, 4) is 11.1 Å². The highest BCUT2D eigenvalue weighted by atomic mass is 16.6. The number of hydrogen-bond donors (Lipinski definition) is 2. The topological polar surface area (TPSA) is 96.3 Å². The summed E-state index contributed by atoms with van der Waals surface area (Å²) in [6.45, 7) is 7.33. The lowest BCUT2D eigenvalue weighted by Gasteiger charge is -2.46. The highest BCUT2D eigenvalue weighted by molar-refractivity contribution is 6.10. The summed E-state index contributed by atoms with van der Waals surface area (Å²) in [4.78, 5) is 29.3. The Bertz CT molecular complexity index is 1600. The first-order valence-electron chi connectivity index (χ1n) is 17.9. The Morgan fingerprint density at radius 2 is 1.71 bits per heavy atom. The number of allylic oxidation sites excluding steroid dienone is 2. The van der Waals surface area contributed by atoms with E-state index in [4.69, 9.17) is 9.47 Å². The summed E-state index contributed by atoms with van der Waals surface area (Å²) in [5.41, 5.74) is 4.50. The highest BCUT2D eigenvalue weighted by Gasteiger charge is 2.57. The van der Waals surface area contributed by atoms with Gasteiger partial charge in [0.25, 0.3) is 0 Å². The van der Waals surface area contributed by atoms with Gasteiger partial charge in [0.2, 0.25) is 0 Å². The second kappa shape index (κ2) is 16.3. The molecule has 3 aromatic rings. The maximum absolute atomic E-state index is 14.5. The maximum atomic E-state index is 14.5. The fourth-order valence-electron chi connectivity index (χ4n) is 7.96. The molecule has 2 bridgehead atoms. The van der Waals surface area contributed by atoms with Gasteiger partial charge < -0.3 is 24.6 Å². The largest absolute Gasteiger partial charge is 0.450 e. The molecule has 0 heterocycles. The van der Waals surface area contributed by atoms with Crippen molar-refractivity contribution < 1.29 is 29.3 Å². The van der Waals surface area contributed by atoms with Crippen LogP contribution in [0.15, 0.2) is 84.4 Å². The molecule has 1 amide bonds. The van der Waals surface area contributed by atoms with Crippen LogP contribution in [0.1, 0.15) is 98.7 Å². The molecule has 262 valence electrons. The van der Waals surface area contributed by atoms with Gasteiger partial charge in [-0.25, -0.2) is 4.79 Å². The number of fused-ring (bicyclic) bond motifs is 8. The number of methoxy groups -OCH3 is 1. The van der Waals surface area contributed by atoms with Crippen LogP contribution in [0.3, 0.4) is 0 Å². The number of nitrogens with zero attached hydrogens (tertiary/aromatic N) is 1. The van der Waals surface area contributed by atoms with Crippen LogP contribution in [0.4, 0.5) is 4.79 Å². The Morgan fingerprint density at radius 1 is 0.980 bits per heavy atom. The lowest BCUT2D eigenvalue weighted by atomic mass is 9.64. The third kappa shape index (κ3) is 8.34. The summed E-state index contributed by atoms with van der Waals surface area (Å²) in [5.74, 6) is -0.210. The van der Waals surface area contributed by atoms with Crippen molar-refractivity contribution in [3.05, 3.63) is 107 Å². The van der Waals surface area contributed by atoms with Gasteiger partial charge in [0, 0.05) is 36.8 Å². The first kappa shape index (κ1) is 36.5. The number of rotatable bonds is 10. The molecule has 6 rings (SSSR count). The molecule has 1 fully saturated rings. The van der Waals surface area contributed by atoms with Crippen LogP contribution in [-0.4, -0.2) is 72.1 Å². The number of carbonyl (C=O) groups is 2. The average molecular weight is 668 g/mol. The van der Waals surface area contributed by atoms with Crippen molar-refractivity contribution in [3.63, 3.8) is 0 Å². The summed E-state index contributed by atoms with van der Waals surface area (Å²) >= 11 is 0. The third-order valence-electron chi connectivity index (χ3n) is 10.9. The molecule has 7 heteroatoms. The molecule has 1 saturated carbocycles. The third-order valence-corrected chi connectivity index (χ3v) is 10.9. The van der Waals surface area contributed by atoms with Crippen LogP contribution in [0.5, 0.6) is 0 Å². The molecule has 0 aromatic heterocycles. The van der Waals surface area contributed by atoms with Gasteiger partial charge in [0.1, 0.15) is 0 Å². The van der Waals surface area contributed by atoms with Gasteiger partial charge in [0.05, 0.1) is 24.9 Å². The molecule has 0 spiro atoms. The number of carbonyl (C=O) groups excluding carboxylic acids is 2. The Hall–Kier alpha value is -3.78. The van der Waals surface area contributed by atoms with Crippen LogP contribution in [0.2, 0.25) is 0 Å². The van der Waals surface area contributed by atoms with E-state index in [1.807, 2.05) is 54.6 Å². The van der Waals surface area contributed by atoms with Crippen LogP contribution in [0.25, 0.3) is 11.1 Å². The molecule has 0 radical (unpaired) electrons. The maximum Gasteiger partial charge on any atom is 0.409 e. The summed E-state index contributed by atoms with van der Waals surface area (Å²) in [6, 6.07) is 23.9. The van der Waals surface area contributed by atoms with E-state index in [2.05, 4.69) is 38.1 Å². The van der Waals surface area contributed by atoms with E-state index >= 15 is 0 Å². The minimum Gasteiger partial charge on any atom is -0.450 e. The van der Waals surface area contributed by atoms with E-state index in [0.29, 0.717) is 62.8 Å². The Kier molecular flexibility index (Phi) is 12.1. The van der Waals surface area contributed by atoms with E-state index < -0.39 is 23.2 Å². The Labute approximate surface area is 292 Å². The predicted molar refractivity (Wildman–Crippen MR) is 194 cm³/mol. The number of benzene rings is 3.